The number of carbonyl (C=O) groups excluding carboxylic acids is 1. The van der Waals surface area contributed by atoms with Crippen LogP contribution < -0.4 is 4.74 Å². The second-order valence-corrected chi connectivity index (χ2v) is 5.65. The van der Waals surface area contributed by atoms with Crippen molar-refractivity contribution >= 4 is 17.5 Å². The lowest BCUT2D eigenvalue weighted by Crippen LogP contribution is -2.28. The van der Waals surface area contributed by atoms with Gasteiger partial charge in [-0.05, 0) is 37.1 Å². The molecule has 2 heterocycles. The standard InChI is InChI=1S/C16H16ClN3O2/c1-11(21)20-8-2-3-15(20)14-9-18-10-16(19-14)22-13-6-4-12(17)5-7-13/h4-7,9-10,15H,2-3,8H2,1H3/t15-/m0/s1. The summed E-state index contributed by atoms with van der Waals surface area (Å²) >= 11 is 5.85. The number of carbonyl (C=O) groups is 1. The molecule has 0 unspecified atom stereocenters. The normalized spacial score (nSPS) is 17.5. The Balaban J connectivity index is 1.80. The van der Waals surface area contributed by atoms with E-state index in [1.165, 1.54) is 0 Å². The number of nitrogens with zero attached hydrogens (tertiary/aromatic N) is 3. The van der Waals surface area contributed by atoms with E-state index in [9.17, 15) is 4.79 Å². The molecule has 6 heteroatoms. The number of hydrogen-bond acceptors (Lipinski definition) is 4. The Morgan fingerprint density at radius 2 is 2.09 bits per heavy atom. The van der Waals surface area contributed by atoms with Crippen molar-refractivity contribution in [1.82, 2.24) is 14.9 Å². The third-order valence-corrected chi connectivity index (χ3v) is 3.92. The number of likely N-dealkylation sites (tertiary alicyclic amines) is 1. The minimum absolute atomic E-state index is 0.0150. The first-order valence-corrected chi connectivity index (χ1v) is 7.54. The highest BCUT2D eigenvalue weighted by atomic mass is 35.5. The predicted octanol–water partition coefficient (Wildman–Crippen LogP) is 3.61. The summed E-state index contributed by atoms with van der Waals surface area (Å²) in [5.74, 6) is 1.12. The molecule has 1 atom stereocenters. The Morgan fingerprint density at radius 3 is 2.82 bits per heavy atom. The van der Waals surface area contributed by atoms with Crippen LogP contribution in [-0.2, 0) is 4.79 Å². The molecule has 1 aromatic heterocycles. The van der Waals surface area contributed by atoms with Gasteiger partial charge in [0.15, 0.2) is 0 Å². The van der Waals surface area contributed by atoms with E-state index < -0.39 is 0 Å². The number of benzene rings is 1. The third kappa shape index (κ3) is 3.20. The summed E-state index contributed by atoms with van der Waals surface area (Å²) in [6, 6.07) is 7.03. The van der Waals surface area contributed by atoms with Gasteiger partial charge in [-0.1, -0.05) is 11.6 Å². The van der Waals surface area contributed by atoms with E-state index in [0.29, 0.717) is 16.7 Å². The van der Waals surface area contributed by atoms with Crippen molar-refractivity contribution in [2.75, 3.05) is 6.54 Å². The van der Waals surface area contributed by atoms with Gasteiger partial charge in [-0.2, -0.15) is 0 Å². The van der Waals surface area contributed by atoms with E-state index >= 15 is 0 Å². The molecule has 1 aromatic carbocycles. The molecule has 22 heavy (non-hydrogen) atoms. The summed E-state index contributed by atoms with van der Waals surface area (Å²) < 4.78 is 5.69. The molecule has 5 nitrogen and oxygen atoms in total. The van der Waals surface area contributed by atoms with Gasteiger partial charge in [0.2, 0.25) is 11.8 Å². The summed E-state index contributed by atoms with van der Waals surface area (Å²) in [5, 5.41) is 0.648. The van der Waals surface area contributed by atoms with Crippen molar-refractivity contribution in [3.63, 3.8) is 0 Å². The van der Waals surface area contributed by atoms with Crippen LogP contribution in [0.3, 0.4) is 0 Å². The monoisotopic (exact) mass is 317 g/mol. The third-order valence-electron chi connectivity index (χ3n) is 3.67. The first kappa shape index (κ1) is 14.8. The Labute approximate surface area is 133 Å². The highest BCUT2D eigenvalue weighted by Gasteiger charge is 2.29. The van der Waals surface area contributed by atoms with Gasteiger partial charge in [-0.25, -0.2) is 4.98 Å². The minimum atomic E-state index is -0.0150. The molecule has 0 spiro atoms. The molecule has 1 amide bonds. The van der Waals surface area contributed by atoms with Crippen LogP contribution in [0.15, 0.2) is 36.7 Å². The fraction of sp³-hybridized carbons (Fsp3) is 0.312. The molecule has 2 aromatic rings. The highest BCUT2D eigenvalue weighted by molar-refractivity contribution is 6.30. The first-order valence-electron chi connectivity index (χ1n) is 7.16. The fourth-order valence-corrected chi connectivity index (χ4v) is 2.77. The molecule has 114 valence electrons. The first-order chi connectivity index (χ1) is 10.6. The van der Waals surface area contributed by atoms with Crippen molar-refractivity contribution in [2.45, 2.75) is 25.8 Å². The van der Waals surface area contributed by atoms with E-state index in [2.05, 4.69) is 9.97 Å². The predicted molar refractivity (Wildman–Crippen MR) is 82.9 cm³/mol. The molecular weight excluding hydrogens is 302 g/mol. The molecule has 0 bridgehead atoms. The fourth-order valence-electron chi connectivity index (χ4n) is 2.65. The summed E-state index contributed by atoms with van der Waals surface area (Å²) in [6.45, 7) is 2.35. The lowest BCUT2D eigenvalue weighted by atomic mass is 10.1. The van der Waals surface area contributed by atoms with Crippen molar-refractivity contribution in [3.05, 3.63) is 47.4 Å². The van der Waals surface area contributed by atoms with Crippen molar-refractivity contribution in [1.29, 1.82) is 0 Å². The molecule has 1 aliphatic heterocycles. The van der Waals surface area contributed by atoms with Crippen molar-refractivity contribution in [2.24, 2.45) is 0 Å². The highest BCUT2D eigenvalue weighted by Crippen LogP contribution is 2.31. The van der Waals surface area contributed by atoms with E-state index in [-0.39, 0.29) is 11.9 Å². The van der Waals surface area contributed by atoms with Gasteiger partial charge < -0.3 is 9.64 Å². The quantitative estimate of drug-likeness (QED) is 0.868. The smallest absolute Gasteiger partial charge is 0.238 e. The maximum atomic E-state index is 11.7. The van der Waals surface area contributed by atoms with Crippen LogP contribution in [-0.4, -0.2) is 27.3 Å². The lowest BCUT2D eigenvalue weighted by molar-refractivity contribution is -0.129. The molecule has 0 N–H and O–H groups in total. The summed E-state index contributed by atoms with van der Waals surface area (Å²) in [4.78, 5) is 22.2. The molecule has 0 radical (unpaired) electrons. The van der Waals surface area contributed by atoms with Gasteiger partial charge in [0.25, 0.3) is 0 Å². The average Bonchev–Trinajstić information content (AvgIpc) is 3.00. The SMILES string of the molecule is CC(=O)N1CCC[C@H]1c1cncc(Oc2ccc(Cl)cc2)n1. The largest absolute Gasteiger partial charge is 0.437 e. The molecule has 3 rings (SSSR count). The van der Waals surface area contributed by atoms with Crippen LogP contribution >= 0.6 is 11.6 Å². The van der Waals surface area contributed by atoms with Crippen LogP contribution in [0.4, 0.5) is 0 Å². The van der Waals surface area contributed by atoms with Crippen LogP contribution in [0.2, 0.25) is 5.02 Å². The summed E-state index contributed by atoms with van der Waals surface area (Å²) in [7, 11) is 0. The number of aromatic nitrogens is 2. The Kier molecular flexibility index (Phi) is 4.24. The maximum absolute atomic E-state index is 11.7. The van der Waals surface area contributed by atoms with Gasteiger partial charge in [0.1, 0.15) is 5.75 Å². The number of rotatable bonds is 3. The van der Waals surface area contributed by atoms with E-state index in [0.717, 1.165) is 25.1 Å². The molecule has 0 saturated carbocycles. The van der Waals surface area contributed by atoms with Gasteiger partial charge in [0, 0.05) is 18.5 Å². The second-order valence-electron chi connectivity index (χ2n) is 5.21. The summed E-state index contributed by atoms with van der Waals surface area (Å²) in [5.41, 5.74) is 0.763. The lowest BCUT2D eigenvalue weighted by Gasteiger charge is -2.22. The Hall–Kier alpha value is -2.14. The summed E-state index contributed by atoms with van der Waals surface area (Å²) in [6.07, 6.45) is 5.14. The number of ether oxygens (including phenoxy) is 1. The molecule has 1 fully saturated rings. The molecular formula is C16H16ClN3O2. The van der Waals surface area contributed by atoms with Crippen LogP contribution in [0.1, 0.15) is 31.5 Å². The maximum Gasteiger partial charge on any atom is 0.238 e. The Bertz CT molecular complexity index is 675. The van der Waals surface area contributed by atoms with Gasteiger partial charge in [-0.3, -0.25) is 9.78 Å². The van der Waals surface area contributed by atoms with E-state index in [1.54, 1.807) is 43.6 Å². The second kappa shape index (κ2) is 6.32. The van der Waals surface area contributed by atoms with E-state index in [4.69, 9.17) is 16.3 Å². The van der Waals surface area contributed by atoms with Crippen LogP contribution in [0.5, 0.6) is 11.6 Å². The zero-order valence-electron chi connectivity index (χ0n) is 12.2. The van der Waals surface area contributed by atoms with Gasteiger partial charge in [0.05, 0.1) is 24.1 Å². The van der Waals surface area contributed by atoms with Gasteiger partial charge >= 0.3 is 0 Å². The topological polar surface area (TPSA) is 55.3 Å². The molecule has 0 aliphatic carbocycles. The zero-order chi connectivity index (χ0) is 15.5. The van der Waals surface area contributed by atoms with Crippen molar-refractivity contribution < 1.29 is 9.53 Å². The number of halogens is 1. The average molecular weight is 318 g/mol. The minimum Gasteiger partial charge on any atom is -0.437 e. The number of amides is 1. The van der Waals surface area contributed by atoms with Crippen molar-refractivity contribution in [3.8, 4) is 11.6 Å². The van der Waals surface area contributed by atoms with E-state index in [1.807, 2.05) is 4.90 Å². The van der Waals surface area contributed by atoms with Gasteiger partial charge in [-0.15, -0.1) is 0 Å². The number of hydrogen-bond donors (Lipinski definition) is 0. The Morgan fingerprint density at radius 1 is 1.32 bits per heavy atom. The van der Waals surface area contributed by atoms with Crippen LogP contribution in [0, 0.1) is 0 Å². The molecule has 1 saturated heterocycles. The molecule has 1 aliphatic rings. The van der Waals surface area contributed by atoms with Crippen LogP contribution in [0.25, 0.3) is 0 Å². The zero-order valence-corrected chi connectivity index (χ0v) is 13.0.